The summed E-state index contributed by atoms with van der Waals surface area (Å²) in [6.07, 6.45) is -0.759. The first kappa shape index (κ1) is 29.0. The quantitative estimate of drug-likeness (QED) is 0.371. The van der Waals surface area contributed by atoms with E-state index in [1.807, 2.05) is 37.3 Å². The number of rotatable bonds is 7. The summed E-state index contributed by atoms with van der Waals surface area (Å²) in [5, 5.41) is 4.27. The summed E-state index contributed by atoms with van der Waals surface area (Å²) in [6, 6.07) is 16.5. The second kappa shape index (κ2) is 11.0. The Morgan fingerprint density at radius 3 is 2.16 bits per heavy atom. The van der Waals surface area contributed by atoms with Crippen molar-refractivity contribution < 1.29 is 27.5 Å². The Morgan fingerprint density at radius 2 is 1.50 bits per heavy atom. The van der Waals surface area contributed by atoms with E-state index in [2.05, 4.69) is 10.0 Å². The van der Waals surface area contributed by atoms with Crippen LogP contribution in [0.3, 0.4) is 0 Å². The lowest BCUT2D eigenvalue weighted by atomic mass is 10.0. The molecule has 0 saturated heterocycles. The van der Waals surface area contributed by atoms with Crippen LogP contribution in [0.4, 0.5) is 10.5 Å². The highest BCUT2D eigenvalue weighted by Crippen LogP contribution is 2.27. The number of sulfonamides is 1. The lowest BCUT2D eigenvalue weighted by Crippen LogP contribution is -2.47. The van der Waals surface area contributed by atoms with Crippen molar-refractivity contribution in [2.75, 3.05) is 4.72 Å². The highest BCUT2D eigenvalue weighted by molar-refractivity contribution is 7.92. The number of benzene rings is 3. The lowest BCUT2D eigenvalue weighted by Gasteiger charge is -2.26. The van der Waals surface area contributed by atoms with Gasteiger partial charge in [0.1, 0.15) is 17.2 Å². The maximum Gasteiger partial charge on any atom is 0.408 e. The molecule has 3 rings (SSSR count). The zero-order valence-electron chi connectivity index (χ0n) is 22.9. The summed E-state index contributed by atoms with van der Waals surface area (Å²) in [5.74, 6) is -0.648. The van der Waals surface area contributed by atoms with Crippen molar-refractivity contribution in [3.63, 3.8) is 0 Å². The third-order valence-corrected chi connectivity index (χ3v) is 6.83. The van der Waals surface area contributed by atoms with Crippen LogP contribution in [0.1, 0.15) is 52.7 Å². The number of carbonyl (C=O) groups excluding carboxylic acids is 2. The average Bonchev–Trinajstić information content (AvgIpc) is 2.77. The minimum atomic E-state index is -3.95. The Morgan fingerprint density at radius 1 is 0.868 bits per heavy atom. The number of anilines is 1. The number of fused-ring (bicyclic) bond motifs is 1. The van der Waals surface area contributed by atoms with Crippen molar-refractivity contribution in [2.45, 2.75) is 77.0 Å². The van der Waals surface area contributed by atoms with Crippen LogP contribution < -0.4 is 10.0 Å². The van der Waals surface area contributed by atoms with E-state index in [0.717, 1.165) is 16.3 Å². The van der Waals surface area contributed by atoms with Crippen LogP contribution in [0.5, 0.6) is 0 Å². The summed E-state index contributed by atoms with van der Waals surface area (Å²) in [4.78, 5) is 25.5. The van der Waals surface area contributed by atoms with E-state index in [0.29, 0.717) is 11.3 Å². The molecule has 0 spiro atoms. The topological polar surface area (TPSA) is 111 Å². The fourth-order valence-corrected chi connectivity index (χ4v) is 4.92. The fraction of sp³-hybridized carbons (Fsp3) is 0.379. The molecule has 0 unspecified atom stereocenters. The largest absolute Gasteiger partial charge is 0.458 e. The molecule has 1 atom stereocenters. The first-order valence-corrected chi connectivity index (χ1v) is 13.8. The van der Waals surface area contributed by atoms with Crippen LogP contribution >= 0.6 is 0 Å². The van der Waals surface area contributed by atoms with Gasteiger partial charge in [-0.15, -0.1) is 0 Å². The summed E-state index contributed by atoms with van der Waals surface area (Å²) < 4.78 is 40.2. The molecule has 0 fully saturated rings. The molecule has 9 heteroatoms. The molecule has 0 bridgehead atoms. The number of alkyl carbamates (subject to hydrolysis) is 1. The molecule has 2 N–H and O–H groups in total. The monoisotopic (exact) mass is 540 g/mol. The van der Waals surface area contributed by atoms with Crippen LogP contribution in [0.25, 0.3) is 10.8 Å². The number of hydrogen-bond donors (Lipinski definition) is 2. The van der Waals surface area contributed by atoms with Gasteiger partial charge in [-0.05, 0) is 83.2 Å². The third kappa shape index (κ3) is 7.95. The van der Waals surface area contributed by atoms with Crippen LogP contribution in [0.2, 0.25) is 0 Å². The predicted octanol–water partition coefficient (Wildman–Crippen LogP) is 5.73. The zero-order chi connectivity index (χ0) is 28.3. The minimum absolute atomic E-state index is 0.0115. The molecule has 1 amide bonds. The number of amides is 1. The van der Waals surface area contributed by atoms with Crippen molar-refractivity contribution in [3.8, 4) is 0 Å². The molecule has 0 aliphatic heterocycles. The lowest BCUT2D eigenvalue weighted by molar-refractivity contribution is -0.157. The van der Waals surface area contributed by atoms with Gasteiger partial charge in [-0.25, -0.2) is 18.0 Å². The Balaban J connectivity index is 1.91. The molecular weight excluding hydrogens is 504 g/mol. The first-order chi connectivity index (χ1) is 17.5. The maximum absolute atomic E-state index is 13.4. The van der Waals surface area contributed by atoms with Gasteiger partial charge in [0.05, 0.1) is 10.6 Å². The van der Waals surface area contributed by atoms with Gasteiger partial charge in [0.2, 0.25) is 0 Å². The smallest absolute Gasteiger partial charge is 0.408 e. The second-order valence-electron chi connectivity index (χ2n) is 11.2. The Bertz CT molecular complexity index is 1430. The van der Waals surface area contributed by atoms with E-state index in [1.165, 1.54) is 12.1 Å². The Labute approximate surface area is 224 Å². The number of carbonyl (C=O) groups is 2. The van der Waals surface area contributed by atoms with Gasteiger partial charge in [-0.1, -0.05) is 42.5 Å². The van der Waals surface area contributed by atoms with Gasteiger partial charge in [0.15, 0.2) is 0 Å². The molecule has 0 saturated carbocycles. The molecule has 3 aromatic carbocycles. The van der Waals surface area contributed by atoms with Crippen molar-refractivity contribution in [2.24, 2.45) is 0 Å². The van der Waals surface area contributed by atoms with Gasteiger partial charge in [-0.3, -0.25) is 4.72 Å². The number of ether oxygens (including phenoxy) is 2. The fourth-order valence-electron chi connectivity index (χ4n) is 3.79. The van der Waals surface area contributed by atoms with Crippen LogP contribution in [0.15, 0.2) is 65.6 Å². The number of hydrogen-bond acceptors (Lipinski definition) is 6. The normalized spacial score (nSPS) is 13.0. The molecule has 0 aliphatic carbocycles. The van der Waals surface area contributed by atoms with E-state index >= 15 is 0 Å². The summed E-state index contributed by atoms with van der Waals surface area (Å²) in [7, 11) is -3.95. The molecule has 3 aromatic rings. The van der Waals surface area contributed by atoms with Gasteiger partial charge >= 0.3 is 12.1 Å². The number of esters is 1. The Hall–Kier alpha value is -3.59. The number of aryl methyl sites for hydroxylation is 1. The van der Waals surface area contributed by atoms with Gasteiger partial charge in [0, 0.05) is 11.8 Å². The highest BCUT2D eigenvalue weighted by Gasteiger charge is 2.30. The molecule has 0 heterocycles. The summed E-state index contributed by atoms with van der Waals surface area (Å²) >= 11 is 0. The third-order valence-electron chi connectivity index (χ3n) is 5.47. The molecule has 38 heavy (non-hydrogen) atoms. The highest BCUT2D eigenvalue weighted by atomic mass is 32.2. The van der Waals surface area contributed by atoms with Crippen LogP contribution in [-0.2, 0) is 30.7 Å². The summed E-state index contributed by atoms with van der Waals surface area (Å²) in [6.45, 7) is 12.2. The van der Waals surface area contributed by atoms with Crippen molar-refractivity contribution in [3.05, 3.63) is 71.8 Å². The SMILES string of the molecule is Cc1ccc(S(=O)(=O)Nc2cccc3ccccc23)cc1C[C@H](NC(=O)OC(C)(C)C)C(=O)OC(C)(C)C. The van der Waals surface area contributed by atoms with E-state index in [4.69, 9.17) is 9.47 Å². The molecule has 0 radical (unpaired) electrons. The average molecular weight is 541 g/mol. The van der Waals surface area contributed by atoms with Gasteiger partial charge in [-0.2, -0.15) is 0 Å². The molecule has 0 aliphatic rings. The van der Waals surface area contributed by atoms with Gasteiger partial charge < -0.3 is 14.8 Å². The van der Waals surface area contributed by atoms with Crippen LogP contribution in [0, 0.1) is 6.92 Å². The Kier molecular flexibility index (Phi) is 8.41. The van der Waals surface area contributed by atoms with E-state index in [-0.39, 0.29) is 11.3 Å². The van der Waals surface area contributed by atoms with Gasteiger partial charge in [0.25, 0.3) is 10.0 Å². The maximum atomic E-state index is 13.4. The zero-order valence-corrected chi connectivity index (χ0v) is 23.7. The van der Waals surface area contributed by atoms with Crippen molar-refractivity contribution in [1.82, 2.24) is 5.32 Å². The van der Waals surface area contributed by atoms with E-state index < -0.39 is 39.3 Å². The number of nitrogens with one attached hydrogen (secondary N) is 2. The van der Waals surface area contributed by atoms with E-state index in [1.54, 1.807) is 59.7 Å². The van der Waals surface area contributed by atoms with E-state index in [9.17, 15) is 18.0 Å². The minimum Gasteiger partial charge on any atom is -0.458 e. The van der Waals surface area contributed by atoms with Crippen molar-refractivity contribution in [1.29, 1.82) is 0 Å². The first-order valence-electron chi connectivity index (χ1n) is 12.4. The van der Waals surface area contributed by atoms with Crippen LogP contribution in [-0.4, -0.2) is 37.7 Å². The second-order valence-corrected chi connectivity index (χ2v) is 12.8. The predicted molar refractivity (Wildman–Crippen MR) is 149 cm³/mol. The molecule has 8 nitrogen and oxygen atoms in total. The molecule has 0 aromatic heterocycles. The molecular formula is C29H36N2O6S. The van der Waals surface area contributed by atoms with Crippen molar-refractivity contribution >= 4 is 38.5 Å². The molecule has 204 valence electrons. The standard InChI is InChI=1S/C29H36N2O6S/c1-19-15-16-22(38(34,35)31-24-14-10-12-20-11-8-9-13-23(20)24)17-21(19)18-25(26(32)36-28(2,3)4)30-27(33)37-29(5,6)7/h8-17,25,31H,18H2,1-7H3,(H,30,33)/t25-/m0/s1. The summed E-state index contributed by atoms with van der Waals surface area (Å²) in [5.41, 5.74) is 0.239.